The molecule has 1 heterocycles. The topological polar surface area (TPSA) is 33.1 Å². The molecule has 1 N–H and O–H groups in total. The molecule has 2 nitrogen and oxygen atoms in total. The van der Waals surface area contributed by atoms with Gasteiger partial charge in [-0.1, -0.05) is 0 Å². The summed E-state index contributed by atoms with van der Waals surface area (Å²) in [6.07, 6.45) is 1.59. The minimum Gasteiger partial charge on any atom is -0.506 e. The summed E-state index contributed by atoms with van der Waals surface area (Å²) in [7, 11) is 0. The van der Waals surface area contributed by atoms with Crippen LogP contribution >= 0.6 is 11.6 Å². The van der Waals surface area contributed by atoms with Crippen molar-refractivity contribution in [2.75, 3.05) is 0 Å². The van der Waals surface area contributed by atoms with E-state index in [1.54, 1.807) is 18.3 Å². The molecule has 0 bridgehead atoms. The molecule has 0 aliphatic heterocycles. The van der Waals surface area contributed by atoms with Crippen LogP contribution in [0.15, 0.2) is 18.3 Å². The Morgan fingerprint density at radius 3 is 2.89 bits per heavy atom. The fourth-order valence-corrected chi connectivity index (χ4v) is 0.738. The first kappa shape index (κ1) is 6.36. The Kier molecular flexibility index (Phi) is 1.90. The molecule has 0 atom stereocenters. The molecule has 0 aliphatic rings. The van der Waals surface area contributed by atoms with Crippen molar-refractivity contribution in [3.8, 4) is 5.75 Å². The van der Waals surface area contributed by atoms with Crippen LogP contribution in [0.3, 0.4) is 0 Å². The summed E-state index contributed by atoms with van der Waals surface area (Å²) < 4.78 is 0. The van der Waals surface area contributed by atoms with Crippen LogP contribution in [0.4, 0.5) is 0 Å². The summed E-state index contributed by atoms with van der Waals surface area (Å²) in [4.78, 5) is 3.81. The predicted octanol–water partition coefficient (Wildman–Crippen LogP) is 1.53. The Labute approximate surface area is 58.1 Å². The third-order valence-corrected chi connectivity index (χ3v) is 1.25. The first-order valence-electron chi connectivity index (χ1n) is 2.53. The van der Waals surface area contributed by atoms with Gasteiger partial charge in [0.25, 0.3) is 0 Å². The van der Waals surface area contributed by atoms with Gasteiger partial charge < -0.3 is 5.11 Å². The molecule has 0 radical (unpaired) electrons. The van der Waals surface area contributed by atoms with E-state index in [0.717, 1.165) is 0 Å². The quantitative estimate of drug-likeness (QED) is 0.605. The van der Waals surface area contributed by atoms with Gasteiger partial charge in [-0.15, -0.1) is 11.6 Å². The van der Waals surface area contributed by atoms with E-state index in [1.807, 2.05) is 0 Å². The lowest BCUT2D eigenvalue weighted by molar-refractivity contribution is 0.467. The number of hydrogen-bond acceptors (Lipinski definition) is 2. The number of alkyl halides is 1. The van der Waals surface area contributed by atoms with E-state index >= 15 is 0 Å². The van der Waals surface area contributed by atoms with E-state index in [9.17, 15) is 0 Å². The molecule has 0 saturated carbocycles. The molecular weight excluding hydrogens is 138 g/mol. The van der Waals surface area contributed by atoms with Crippen molar-refractivity contribution in [1.82, 2.24) is 4.98 Å². The zero-order valence-corrected chi connectivity index (χ0v) is 5.47. The van der Waals surface area contributed by atoms with E-state index in [2.05, 4.69) is 4.98 Å². The number of hydrogen-bond donors (Lipinski definition) is 1. The van der Waals surface area contributed by atoms with Crippen LogP contribution in [0.25, 0.3) is 0 Å². The van der Waals surface area contributed by atoms with Gasteiger partial charge in [-0.3, -0.25) is 4.98 Å². The van der Waals surface area contributed by atoms with Crippen molar-refractivity contribution >= 4 is 11.6 Å². The third-order valence-electron chi connectivity index (χ3n) is 0.993. The number of nitrogens with zero attached hydrogens (tertiary/aromatic N) is 1. The Bertz CT molecular complexity index is 202. The van der Waals surface area contributed by atoms with E-state index in [1.165, 1.54) is 0 Å². The van der Waals surface area contributed by atoms with Gasteiger partial charge in [0.05, 0.1) is 11.6 Å². The molecule has 1 rings (SSSR count). The molecule has 0 aromatic carbocycles. The highest BCUT2D eigenvalue weighted by molar-refractivity contribution is 6.17. The van der Waals surface area contributed by atoms with Gasteiger partial charge in [0.15, 0.2) is 0 Å². The lowest BCUT2D eigenvalue weighted by Crippen LogP contribution is -1.82. The van der Waals surface area contributed by atoms with Gasteiger partial charge in [-0.05, 0) is 12.1 Å². The minimum absolute atomic E-state index is 0.160. The minimum atomic E-state index is 0.160. The molecular formula is C6H6ClNO. The smallest absolute Gasteiger partial charge is 0.138 e. The molecule has 48 valence electrons. The summed E-state index contributed by atoms with van der Waals surface area (Å²) in [6, 6.07) is 3.22. The fraction of sp³-hybridized carbons (Fsp3) is 0.167. The average Bonchev–Trinajstić information content (AvgIpc) is 1.89. The summed E-state index contributed by atoms with van der Waals surface area (Å²) in [5, 5.41) is 8.96. The Morgan fingerprint density at radius 2 is 2.44 bits per heavy atom. The van der Waals surface area contributed by atoms with Crippen molar-refractivity contribution in [3.63, 3.8) is 0 Å². The van der Waals surface area contributed by atoms with Crippen molar-refractivity contribution in [2.24, 2.45) is 0 Å². The van der Waals surface area contributed by atoms with Crippen molar-refractivity contribution in [1.29, 1.82) is 0 Å². The average molecular weight is 144 g/mol. The van der Waals surface area contributed by atoms with Crippen LogP contribution in [-0.2, 0) is 5.88 Å². The molecule has 0 spiro atoms. The summed E-state index contributed by atoms with van der Waals surface area (Å²) >= 11 is 5.41. The second-order valence-electron chi connectivity index (χ2n) is 1.60. The molecule has 1 aromatic rings. The normalized spacial score (nSPS) is 9.44. The predicted molar refractivity (Wildman–Crippen MR) is 35.5 cm³/mol. The second kappa shape index (κ2) is 2.69. The van der Waals surface area contributed by atoms with E-state index in [0.29, 0.717) is 5.69 Å². The second-order valence-corrected chi connectivity index (χ2v) is 1.87. The highest BCUT2D eigenvalue weighted by Crippen LogP contribution is 2.13. The van der Waals surface area contributed by atoms with E-state index < -0.39 is 0 Å². The maximum absolute atomic E-state index is 8.96. The zero-order valence-electron chi connectivity index (χ0n) is 4.71. The molecule has 3 heteroatoms. The number of aromatic hydroxyl groups is 1. The number of halogens is 1. The van der Waals surface area contributed by atoms with Crippen LogP contribution in [0.1, 0.15) is 5.69 Å². The van der Waals surface area contributed by atoms with Gasteiger partial charge in [0.2, 0.25) is 0 Å². The van der Waals surface area contributed by atoms with Crippen molar-refractivity contribution in [3.05, 3.63) is 24.0 Å². The Hall–Kier alpha value is -0.760. The maximum Gasteiger partial charge on any atom is 0.138 e. The van der Waals surface area contributed by atoms with Gasteiger partial charge in [-0.25, -0.2) is 0 Å². The Balaban J connectivity index is 3.01. The third kappa shape index (κ3) is 1.33. The highest BCUT2D eigenvalue weighted by Gasteiger charge is 1.95. The van der Waals surface area contributed by atoms with Crippen LogP contribution in [0.5, 0.6) is 5.75 Å². The summed E-state index contributed by atoms with van der Waals surface area (Å²) in [6.45, 7) is 0. The van der Waals surface area contributed by atoms with Crippen LogP contribution in [0.2, 0.25) is 0 Å². The molecule has 0 aliphatic carbocycles. The monoisotopic (exact) mass is 143 g/mol. The largest absolute Gasteiger partial charge is 0.506 e. The zero-order chi connectivity index (χ0) is 6.69. The van der Waals surface area contributed by atoms with Crippen LogP contribution in [-0.4, -0.2) is 10.1 Å². The molecule has 0 unspecified atom stereocenters. The fourth-order valence-electron chi connectivity index (χ4n) is 0.532. The SMILES string of the molecule is Oc1cccnc1CCl. The van der Waals surface area contributed by atoms with E-state index in [-0.39, 0.29) is 11.6 Å². The summed E-state index contributed by atoms with van der Waals surface area (Å²) in [5.74, 6) is 0.416. The van der Waals surface area contributed by atoms with Gasteiger partial charge >= 0.3 is 0 Å². The van der Waals surface area contributed by atoms with Gasteiger partial charge in [0.1, 0.15) is 5.75 Å². The molecule has 0 fully saturated rings. The molecule has 0 amide bonds. The number of pyridine rings is 1. The molecule has 0 saturated heterocycles. The van der Waals surface area contributed by atoms with Gasteiger partial charge in [0, 0.05) is 6.20 Å². The standard InChI is InChI=1S/C6H6ClNO/c7-4-5-6(9)2-1-3-8-5/h1-3,9H,4H2. The van der Waals surface area contributed by atoms with E-state index in [4.69, 9.17) is 16.7 Å². The molecule has 1 aromatic heterocycles. The number of rotatable bonds is 1. The highest BCUT2D eigenvalue weighted by atomic mass is 35.5. The number of aromatic nitrogens is 1. The van der Waals surface area contributed by atoms with Gasteiger partial charge in [-0.2, -0.15) is 0 Å². The lowest BCUT2D eigenvalue weighted by atomic mass is 10.3. The Morgan fingerprint density at radius 1 is 1.67 bits per heavy atom. The van der Waals surface area contributed by atoms with Crippen molar-refractivity contribution < 1.29 is 5.11 Å². The van der Waals surface area contributed by atoms with Crippen LogP contribution in [0, 0.1) is 0 Å². The summed E-state index contributed by atoms with van der Waals surface area (Å²) in [5.41, 5.74) is 0.527. The van der Waals surface area contributed by atoms with Crippen molar-refractivity contribution in [2.45, 2.75) is 5.88 Å². The lowest BCUT2D eigenvalue weighted by Gasteiger charge is -1.94. The molecule has 9 heavy (non-hydrogen) atoms. The first-order chi connectivity index (χ1) is 4.34. The van der Waals surface area contributed by atoms with Crippen LogP contribution < -0.4 is 0 Å². The first-order valence-corrected chi connectivity index (χ1v) is 3.07. The maximum atomic E-state index is 8.96.